The molecule has 0 atom stereocenters. The second-order valence-electron chi connectivity index (χ2n) is 5.16. The molecule has 0 fully saturated rings. The lowest BCUT2D eigenvalue weighted by atomic mass is 10.1. The average molecular weight is 283 g/mol. The van der Waals surface area contributed by atoms with Gasteiger partial charge in [-0.2, -0.15) is 5.10 Å². The van der Waals surface area contributed by atoms with Crippen molar-refractivity contribution >= 4 is 11.6 Å². The fourth-order valence-corrected chi connectivity index (χ4v) is 1.63. The molecular formula is C14H19ClN2O2. The van der Waals surface area contributed by atoms with Crippen molar-refractivity contribution < 1.29 is 4.74 Å². The molecule has 0 saturated heterocycles. The highest BCUT2D eigenvalue weighted by atomic mass is 35.5. The van der Waals surface area contributed by atoms with Crippen LogP contribution in [-0.4, -0.2) is 16.4 Å². The van der Waals surface area contributed by atoms with E-state index in [0.717, 1.165) is 5.57 Å². The molecular weight excluding hydrogens is 264 g/mol. The number of halogens is 1. The zero-order chi connectivity index (χ0) is 14.6. The van der Waals surface area contributed by atoms with E-state index in [0.29, 0.717) is 0 Å². The van der Waals surface area contributed by atoms with Crippen LogP contribution in [0, 0.1) is 0 Å². The molecule has 0 saturated carbocycles. The van der Waals surface area contributed by atoms with Crippen LogP contribution in [0.5, 0.6) is 5.75 Å². The largest absolute Gasteiger partial charge is 0.485 e. The molecule has 1 aromatic rings. The summed E-state index contributed by atoms with van der Waals surface area (Å²) in [5.41, 5.74) is 0.00948. The monoisotopic (exact) mass is 282 g/mol. The van der Waals surface area contributed by atoms with Gasteiger partial charge in [0.25, 0.3) is 5.56 Å². The lowest BCUT2D eigenvalue weighted by Crippen LogP contribution is -2.36. The summed E-state index contributed by atoms with van der Waals surface area (Å²) in [4.78, 5) is 12.1. The highest BCUT2D eigenvalue weighted by Gasteiger charge is 2.19. The Bertz CT molecular complexity index is 554. The van der Waals surface area contributed by atoms with Crippen LogP contribution in [0.3, 0.4) is 0 Å². The summed E-state index contributed by atoms with van der Waals surface area (Å²) in [7, 11) is 0. The van der Waals surface area contributed by atoms with E-state index < -0.39 is 5.54 Å². The predicted octanol–water partition coefficient (Wildman–Crippen LogP) is 3.16. The summed E-state index contributed by atoms with van der Waals surface area (Å²) in [5, 5.41) is 4.12. The molecule has 0 unspecified atom stereocenters. The van der Waals surface area contributed by atoms with E-state index in [1.165, 1.54) is 10.9 Å². The third-order valence-corrected chi connectivity index (χ3v) is 2.69. The molecule has 1 aromatic heterocycles. The first-order valence-electron chi connectivity index (χ1n) is 5.99. The number of ether oxygens (including phenoxy) is 1. The van der Waals surface area contributed by atoms with Crippen molar-refractivity contribution in [3.05, 3.63) is 45.9 Å². The fraction of sp³-hybridized carbons (Fsp3) is 0.429. The molecule has 0 aliphatic heterocycles. The summed E-state index contributed by atoms with van der Waals surface area (Å²) in [6.07, 6.45) is 5.15. The lowest BCUT2D eigenvalue weighted by Gasteiger charge is -2.21. The van der Waals surface area contributed by atoms with Gasteiger partial charge in [0.2, 0.25) is 0 Å². The Hall–Kier alpha value is -1.55. The third kappa shape index (κ3) is 3.96. The normalized spacial score (nSPS) is 11.8. The SMILES string of the molecule is C=C(/C=C\C)COc1cnn(C(C)(C)C)c(=O)c1Cl. The van der Waals surface area contributed by atoms with Crippen LogP contribution in [0.2, 0.25) is 5.02 Å². The van der Waals surface area contributed by atoms with Crippen LogP contribution in [0.25, 0.3) is 0 Å². The van der Waals surface area contributed by atoms with Gasteiger partial charge in [-0.25, -0.2) is 4.68 Å². The maximum absolute atomic E-state index is 12.1. The molecule has 19 heavy (non-hydrogen) atoms. The number of allylic oxidation sites excluding steroid dienone is 1. The van der Waals surface area contributed by atoms with Gasteiger partial charge in [-0.15, -0.1) is 0 Å². The summed E-state index contributed by atoms with van der Waals surface area (Å²) in [6, 6.07) is 0. The summed E-state index contributed by atoms with van der Waals surface area (Å²) in [6.45, 7) is 11.6. The maximum Gasteiger partial charge on any atom is 0.289 e. The van der Waals surface area contributed by atoms with Crippen molar-refractivity contribution in [1.82, 2.24) is 9.78 Å². The van der Waals surface area contributed by atoms with Crippen molar-refractivity contribution in [3.8, 4) is 5.75 Å². The van der Waals surface area contributed by atoms with E-state index in [-0.39, 0.29) is 22.9 Å². The van der Waals surface area contributed by atoms with Gasteiger partial charge >= 0.3 is 0 Å². The predicted molar refractivity (Wildman–Crippen MR) is 78.0 cm³/mol. The first kappa shape index (κ1) is 15.5. The smallest absolute Gasteiger partial charge is 0.289 e. The van der Waals surface area contributed by atoms with Gasteiger partial charge in [0, 0.05) is 0 Å². The van der Waals surface area contributed by atoms with Crippen LogP contribution in [-0.2, 0) is 5.54 Å². The van der Waals surface area contributed by atoms with Crippen molar-refractivity contribution in [2.75, 3.05) is 6.61 Å². The second kappa shape index (κ2) is 6.06. The Morgan fingerprint density at radius 3 is 2.74 bits per heavy atom. The molecule has 0 aromatic carbocycles. The molecule has 4 nitrogen and oxygen atoms in total. The molecule has 0 bridgehead atoms. The molecule has 5 heteroatoms. The molecule has 0 radical (unpaired) electrons. The molecule has 104 valence electrons. The van der Waals surface area contributed by atoms with Crippen LogP contribution < -0.4 is 10.3 Å². The van der Waals surface area contributed by atoms with Crippen molar-refractivity contribution in [3.63, 3.8) is 0 Å². The van der Waals surface area contributed by atoms with E-state index in [2.05, 4.69) is 11.7 Å². The van der Waals surface area contributed by atoms with Crippen molar-refractivity contribution in [2.45, 2.75) is 33.2 Å². The molecule has 0 aliphatic carbocycles. The molecule has 0 spiro atoms. The van der Waals surface area contributed by atoms with E-state index in [1.807, 2.05) is 39.8 Å². The van der Waals surface area contributed by atoms with E-state index in [4.69, 9.17) is 16.3 Å². The minimum absolute atomic E-state index is 0.0400. The summed E-state index contributed by atoms with van der Waals surface area (Å²) < 4.78 is 6.78. The van der Waals surface area contributed by atoms with Crippen LogP contribution in [0.4, 0.5) is 0 Å². The van der Waals surface area contributed by atoms with E-state index >= 15 is 0 Å². The van der Waals surface area contributed by atoms with E-state index in [1.54, 1.807) is 0 Å². The first-order valence-corrected chi connectivity index (χ1v) is 6.36. The second-order valence-corrected chi connectivity index (χ2v) is 5.54. The molecule has 0 aliphatic rings. The minimum atomic E-state index is -0.423. The Morgan fingerprint density at radius 1 is 1.58 bits per heavy atom. The topological polar surface area (TPSA) is 44.1 Å². The maximum atomic E-state index is 12.1. The zero-order valence-electron chi connectivity index (χ0n) is 11.7. The van der Waals surface area contributed by atoms with Gasteiger partial charge in [0.15, 0.2) is 10.8 Å². The molecule has 1 heterocycles. The highest BCUT2D eigenvalue weighted by molar-refractivity contribution is 6.31. The minimum Gasteiger partial charge on any atom is -0.485 e. The van der Waals surface area contributed by atoms with Crippen LogP contribution in [0.1, 0.15) is 27.7 Å². The quantitative estimate of drug-likeness (QED) is 0.797. The van der Waals surface area contributed by atoms with Crippen molar-refractivity contribution in [1.29, 1.82) is 0 Å². The first-order chi connectivity index (χ1) is 8.77. The number of nitrogens with zero attached hydrogens (tertiary/aromatic N) is 2. The number of rotatable bonds is 4. The van der Waals surface area contributed by atoms with Crippen molar-refractivity contribution in [2.24, 2.45) is 0 Å². The molecule has 0 N–H and O–H groups in total. The summed E-state index contributed by atoms with van der Waals surface area (Å²) in [5.74, 6) is 0.276. The zero-order valence-corrected chi connectivity index (χ0v) is 12.5. The van der Waals surface area contributed by atoms with Gasteiger partial charge in [-0.3, -0.25) is 4.79 Å². The van der Waals surface area contributed by atoms with Crippen LogP contribution >= 0.6 is 11.6 Å². The lowest BCUT2D eigenvalue weighted by molar-refractivity contribution is 0.319. The van der Waals surface area contributed by atoms with E-state index in [9.17, 15) is 4.79 Å². The van der Waals surface area contributed by atoms with Gasteiger partial charge in [0.05, 0.1) is 11.7 Å². The third-order valence-electron chi connectivity index (χ3n) is 2.34. The highest BCUT2D eigenvalue weighted by Crippen LogP contribution is 2.21. The Labute approximate surface area is 118 Å². The number of hydrogen-bond acceptors (Lipinski definition) is 3. The van der Waals surface area contributed by atoms with Gasteiger partial charge in [-0.1, -0.05) is 30.3 Å². The number of aromatic nitrogens is 2. The Kier molecular flexibility index (Phi) is 4.95. The Balaban J connectivity index is 2.98. The van der Waals surface area contributed by atoms with Gasteiger partial charge in [0.1, 0.15) is 6.61 Å². The van der Waals surface area contributed by atoms with Crippen LogP contribution in [0.15, 0.2) is 35.3 Å². The summed E-state index contributed by atoms with van der Waals surface area (Å²) >= 11 is 6.02. The number of hydrogen-bond donors (Lipinski definition) is 0. The Morgan fingerprint density at radius 2 is 2.21 bits per heavy atom. The molecule has 1 rings (SSSR count). The standard InChI is InChI=1S/C14H19ClN2O2/c1-6-7-10(2)9-19-11-8-16-17(14(3,4)5)13(18)12(11)15/h6-8H,2,9H2,1,3-5H3/b7-6-. The molecule has 0 amide bonds. The van der Waals surface area contributed by atoms with Gasteiger partial charge in [-0.05, 0) is 33.3 Å². The van der Waals surface area contributed by atoms with Gasteiger partial charge < -0.3 is 4.74 Å². The average Bonchev–Trinajstić information content (AvgIpc) is 2.29. The fourth-order valence-electron chi connectivity index (χ4n) is 1.45.